The quantitative estimate of drug-likeness (QED) is 0.764. The zero-order chi connectivity index (χ0) is 18.5. The van der Waals surface area contributed by atoms with E-state index in [0.717, 1.165) is 48.8 Å². The van der Waals surface area contributed by atoms with Crippen molar-refractivity contribution >= 4 is 5.70 Å². The smallest absolute Gasteiger partial charge is 0.161 e. The van der Waals surface area contributed by atoms with Crippen LogP contribution in [-0.4, -0.2) is 32.0 Å². The molecule has 2 aliphatic heterocycles. The predicted molar refractivity (Wildman–Crippen MR) is 105 cm³/mol. The number of rotatable bonds is 7. The predicted octanol–water partition coefficient (Wildman–Crippen LogP) is 4.47. The molecule has 1 spiro atoms. The summed E-state index contributed by atoms with van der Waals surface area (Å²) in [4.78, 5) is 5.82. The summed E-state index contributed by atoms with van der Waals surface area (Å²) < 4.78 is 17.7. The molecule has 0 aromatic heterocycles. The number of hydrogen-bond acceptors (Lipinski definition) is 5. The van der Waals surface area contributed by atoms with Gasteiger partial charge in [0.2, 0.25) is 0 Å². The van der Waals surface area contributed by atoms with Gasteiger partial charge in [0, 0.05) is 18.6 Å². The van der Waals surface area contributed by atoms with E-state index in [1.54, 1.807) is 0 Å². The van der Waals surface area contributed by atoms with Gasteiger partial charge in [0.15, 0.2) is 11.5 Å². The van der Waals surface area contributed by atoms with Crippen molar-refractivity contribution in [3.8, 4) is 11.5 Å². The van der Waals surface area contributed by atoms with Crippen molar-refractivity contribution in [3.63, 3.8) is 0 Å². The number of hydrogen-bond donors (Lipinski definition) is 1. The highest BCUT2D eigenvalue weighted by atomic mass is 16.7. The van der Waals surface area contributed by atoms with Crippen LogP contribution in [0.4, 0.5) is 0 Å². The Hall–Kier alpha value is -1.72. The van der Waals surface area contributed by atoms with Gasteiger partial charge in [-0.15, -0.1) is 0 Å². The Morgan fingerprint density at radius 2 is 2.04 bits per heavy atom. The molecule has 1 N–H and O–H groups in total. The third-order valence-electron chi connectivity index (χ3n) is 5.70. The fourth-order valence-corrected chi connectivity index (χ4v) is 4.06. The van der Waals surface area contributed by atoms with E-state index < -0.39 is 0 Å². The fraction of sp³-hybridized carbons (Fsp3) is 0.636. The number of nitrogens with one attached hydrogen (secondary N) is 1. The molecule has 1 saturated heterocycles. The summed E-state index contributed by atoms with van der Waals surface area (Å²) >= 11 is 0. The molecule has 2 heterocycles. The van der Waals surface area contributed by atoms with Crippen LogP contribution in [0, 0.1) is 5.92 Å². The van der Waals surface area contributed by atoms with Gasteiger partial charge in [-0.2, -0.15) is 0 Å². The summed E-state index contributed by atoms with van der Waals surface area (Å²) in [6.45, 7) is 4.93. The van der Waals surface area contributed by atoms with Gasteiger partial charge in [-0.3, -0.25) is 10.3 Å². The van der Waals surface area contributed by atoms with E-state index in [1.165, 1.54) is 32.1 Å². The maximum Gasteiger partial charge on any atom is 0.161 e. The van der Waals surface area contributed by atoms with Gasteiger partial charge in [-0.1, -0.05) is 26.2 Å². The second-order valence-electron chi connectivity index (χ2n) is 7.95. The molecule has 1 saturated carbocycles. The van der Waals surface area contributed by atoms with E-state index in [-0.39, 0.29) is 5.60 Å². The molecule has 4 rings (SSSR count). The van der Waals surface area contributed by atoms with Crippen LogP contribution < -0.4 is 15.0 Å². The minimum atomic E-state index is -0.324. The molecule has 0 amide bonds. The van der Waals surface area contributed by atoms with E-state index in [4.69, 9.17) is 19.0 Å². The second kappa shape index (κ2) is 8.53. The maximum absolute atomic E-state index is 6.25. The average molecular weight is 373 g/mol. The Morgan fingerprint density at radius 1 is 1.15 bits per heavy atom. The zero-order valence-electron chi connectivity index (χ0n) is 16.3. The first kappa shape index (κ1) is 18.6. The summed E-state index contributed by atoms with van der Waals surface area (Å²) in [5, 5.41) is 0. The van der Waals surface area contributed by atoms with E-state index in [0.29, 0.717) is 19.1 Å². The van der Waals surface area contributed by atoms with Gasteiger partial charge in [-0.25, -0.2) is 0 Å². The Labute approximate surface area is 162 Å². The van der Waals surface area contributed by atoms with Crippen molar-refractivity contribution in [1.82, 2.24) is 5.48 Å². The van der Waals surface area contributed by atoms with Crippen LogP contribution in [0.15, 0.2) is 24.3 Å². The van der Waals surface area contributed by atoms with Crippen LogP contribution in [0.25, 0.3) is 5.70 Å². The van der Waals surface area contributed by atoms with Crippen LogP contribution in [0.3, 0.4) is 0 Å². The summed E-state index contributed by atoms with van der Waals surface area (Å²) in [6, 6.07) is 6.15. The highest BCUT2D eigenvalue weighted by molar-refractivity contribution is 5.68. The molecule has 5 heteroatoms. The fourth-order valence-electron chi connectivity index (χ4n) is 4.06. The highest BCUT2D eigenvalue weighted by Crippen LogP contribution is 2.36. The van der Waals surface area contributed by atoms with Gasteiger partial charge in [-0.05, 0) is 49.5 Å². The molecule has 0 bridgehead atoms. The zero-order valence-corrected chi connectivity index (χ0v) is 16.3. The van der Waals surface area contributed by atoms with Crippen molar-refractivity contribution in [2.45, 2.75) is 57.5 Å². The Kier molecular flexibility index (Phi) is 5.89. The van der Waals surface area contributed by atoms with Gasteiger partial charge in [0.05, 0.1) is 25.5 Å². The molecule has 2 fully saturated rings. The molecule has 1 atom stereocenters. The third-order valence-corrected chi connectivity index (χ3v) is 5.70. The summed E-state index contributed by atoms with van der Waals surface area (Å²) in [6.07, 6.45) is 10.6. The minimum Gasteiger partial charge on any atom is -0.490 e. The molecule has 27 heavy (non-hydrogen) atoms. The normalized spacial score (nSPS) is 25.4. The van der Waals surface area contributed by atoms with Crippen LogP contribution in [0.5, 0.6) is 11.5 Å². The number of ether oxygens (including phenoxy) is 3. The molecule has 5 nitrogen and oxygen atoms in total. The van der Waals surface area contributed by atoms with Crippen LogP contribution in [0.1, 0.15) is 57.4 Å². The lowest BCUT2D eigenvalue weighted by Gasteiger charge is -2.22. The first-order chi connectivity index (χ1) is 13.3. The number of benzene rings is 1. The number of hydroxylamine groups is 1. The van der Waals surface area contributed by atoms with Crippen LogP contribution in [0.2, 0.25) is 0 Å². The molecule has 1 unspecified atom stereocenters. The van der Waals surface area contributed by atoms with E-state index in [9.17, 15) is 0 Å². The van der Waals surface area contributed by atoms with Crippen molar-refractivity contribution in [1.29, 1.82) is 0 Å². The molecule has 3 aliphatic rings. The van der Waals surface area contributed by atoms with Crippen molar-refractivity contribution < 1.29 is 19.0 Å². The monoisotopic (exact) mass is 373 g/mol. The molecule has 1 aliphatic carbocycles. The lowest BCUT2D eigenvalue weighted by atomic mass is 9.90. The largest absolute Gasteiger partial charge is 0.490 e. The average Bonchev–Trinajstić information content (AvgIpc) is 3.36. The topological polar surface area (TPSA) is 49.0 Å². The Balaban J connectivity index is 1.50. The van der Waals surface area contributed by atoms with Crippen molar-refractivity contribution in [2.24, 2.45) is 5.92 Å². The minimum absolute atomic E-state index is 0.324. The van der Waals surface area contributed by atoms with E-state index >= 15 is 0 Å². The van der Waals surface area contributed by atoms with Gasteiger partial charge < -0.3 is 14.2 Å². The van der Waals surface area contributed by atoms with E-state index in [1.807, 2.05) is 6.07 Å². The van der Waals surface area contributed by atoms with Crippen LogP contribution >= 0.6 is 0 Å². The lowest BCUT2D eigenvalue weighted by Crippen LogP contribution is -2.29. The lowest BCUT2D eigenvalue weighted by molar-refractivity contribution is -0.0373. The first-order valence-electron chi connectivity index (χ1n) is 10.4. The summed E-state index contributed by atoms with van der Waals surface area (Å²) in [7, 11) is 0. The van der Waals surface area contributed by atoms with Gasteiger partial charge in [0.25, 0.3) is 0 Å². The highest BCUT2D eigenvalue weighted by Gasteiger charge is 2.39. The SMILES string of the molecule is CCCOc1ccc(C2=CC3(CCOC3)ON2)cc1OCC1CCCCC1. The van der Waals surface area contributed by atoms with E-state index in [2.05, 4.69) is 30.6 Å². The van der Waals surface area contributed by atoms with Gasteiger partial charge >= 0.3 is 0 Å². The van der Waals surface area contributed by atoms with Crippen LogP contribution in [-0.2, 0) is 9.57 Å². The molecule has 148 valence electrons. The molecular weight excluding hydrogens is 342 g/mol. The molecular formula is C22H31NO4. The Bertz CT molecular complexity index is 660. The van der Waals surface area contributed by atoms with Crippen molar-refractivity contribution in [2.75, 3.05) is 26.4 Å². The third kappa shape index (κ3) is 4.41. The molecule has 1 aromatic rings. The molecule has 0 radical (unpaired) electrons. The van der Waals surface area contributed by atoms with Crippen molar-refractivity contribution in [3.05, 3.63) is 29.8 Å². The molecule has 1 aromatic carbocycles. The first-order valence-corrected chi connectivity index (χ1v) is 10.4. The maximum atomic E-state index is 6.25. The van der Waals surface area contributed by atoms with Gasteiger partial charge in [0.1, 0.15) is 5.60 Å². The second-order valence-corrected chi connectivity index (χ2v) is 7.95. The summed E-state index contributed by atoms with van der Waals surface area (Å²) in [5.41, 5.74) is 4.80. The Morgan fingerprint density at radius 3 is 2.81 bits per heavy atom. The standard InChI is InChI=1S/C22H31NO4/c1-2-11-25-20-9-8-18(19-14-22(27-23-19)10-12-24-16-22)13-21(20)26-15-17-6-4-3-5-7-17/h8-9,13-14,17,23H,2-7,10-12,15-16H2,1H3. The summed E-state index contributed by atoms with van der Waals surface area (Å²) in [5.74, 6) is 2.32.